The van der Waals surface area contributed by atoms with Gasteiger partial charge in [-0.25, -0.2) is 0 Å². The monoisotopic (exact) mass is 382 g/mol. The van der Waals surface area contributed by atoms with Crippen LogP contribution in [-0.4, -0.2) is 23.3 Å². The van der Waals surface area contributed by atoms with E-state index in [1.54, 1.807) is 12.1 Å². The molecule has 0 aromatic heterocycles. The molecule has 0 radical (unpaired) electrons. The molecule has 138 valence electrons. The number of thioether (sulfide) groups is 1. The van der Waals surface area contributed by atoms with Crippen molar-refractivity contribution < 1.29 is 22.8 Å². The maximum absolute atomic E-state index is 12.6. The molecule has 2 N–H and O–H groups in total. The largest absolute Gasteiger partial charge is 0.416 e. The zero-order valence-corrected chi connectivity index (χ0v) is 14.7. The second-order valence-electron chi connectivity index (χ2n) is 5.53. The average Bonchev–Trinajstić information content (AvgIpc) is 2.56. The highest BCUT2D eigenvalue weighted by atomic mass is 32.2. The van der Waals surface area contributed by atoms with Crippen molar-refractivity contribution in [2.75, 3.05) is 22.1 Å². The van der Waals surface area contributed by atoms with Crippen LogP contribution in [0, 0.1) is 6.92 Å². The summed E-state index contributed by atoms with van der Waals surface area (Å²) < 4.78 is 37.9. The van der Waals surface area contributed by atoms with Gasteiger partial charge in [0, 0.05) is 11.4 Å². The van der Waals surface area contributed by atoms with Crippen LogP contribution in [0.5, 0.6) is 0 Å². The van der Waals surface area contributed by atoms with E-state index in [1.165, 1.54) is 12.1 Å². The van der Waals surface area contributed by atoms with E-state index in [0.717, 1.165) is 29.5 Å². The number of alkyl halides is 3. The van der Waals surface area contributed by atoms with Crippen LogP contribution in [0.2, 0.25) is 0 Å². The van der Waals surface area contributed by atoms with Gasteiger partial charge in [0.2, 0.25) is 11.8 Å². The zero-order valence-electron chi connectivity index (χ0n) is 13.9. The summed E-state index contributed by atoms with van der Waals surface area (Å²) in [5.74, 6) is -0.718. The summed E-state index contributed by atoms with van der Waals surface area (Å²) >= 11 is 1.07. The molecule has 0 saturated heterocycles. The molecule has 0 aliphatic rings. The Morgan fingerprint density at radius 1 is 0.923 bits per heavy atom. The Labute approximate surface area is 153 Å². The molecule has 4 nitrogen and oxygen atoms in total. The lowest BCUT2D eigenvalue weighted by atomic mass is 10.2. The predicted octanol–water partition coefficient (Wildman–Crippen LogP) is 4.32. The van der Waals surface area contributed by atoms with Gasteiger partial charge in [0.1, 0.15) is 0 Å². The highest BCUT2D eigenvalue weighted by molar-refractivity contribution is 8.00. The van der Waals surface area contributed by atoms with Crippen molar-refractivity contribution in [3.8, 4) is 0 Å². The molecule has 0 saturated carbocycles. The van der Waals surface area contributed by atoms with Gasteiger partial charge in [0.05, 0.1) is 17.1 Å². The van der Waals surface area contributed by atoms with Crippen LogP contribution < -0.4 is 10.6 Å². The van der Waals surface area contributed by atoms with Gasteiger partial charge in [-0.1, -0.05) is 23.8 Å². The van der Waals surface area contributed by atoms with Crippen LogP contribution in [0.3, 0.4) is 0 Å². The second-order valence-corrected chi connectivity index (χ2v) is 6.52. The summed E-state index contributed by atoms with van der Waals surface area (Å²) in [5.41, 5.74) is 0.966. The maximum atomic E-state index is 12.6. The van der Waals surface area contributed by atoms with Crippen molar-refractivity contribution in [1.29, 1.82) is 0 Å². The number of aryl methyl sites for hydroxylation is 1. The fourth-order valence-electron chi connectivity index (χ4n) is 2.04. The molecule has 0 unspecified atom stereocenters. The summed E-state index contributed by atoms with van der Waals surface area (Å²) in [6.07, 6.45) is -4.47. The fraction of sp³-hybridized carbons (Fsp3) is 0.222. The lowest BCUT2D eigenvalue weighted by molar-refractivity contribution is -0.137. The minimum Gasteiger partial charge on any atom is -0.325 e. The van der Waals surface area contributed by atoms with Gasteiger partial charge in [-0.05, 0) is 37.3 Å². The number of halogens is 3. The maximum Gasteiger partial charge on any atom is 0.416 e. The fourth-order valence-corrected chi connectivity index (χ4v) is 2.66. The molecule has 2 aromatic rings. The first kappa shape index (κ1) is 19.8. The van der Waals surface area contributed by atoms with E-state index in [-0.39, 0.29) is 23.1 Å². The van der Waals surface area contributed by atoms with Crippen molar-refractivity contribution >= 4 is 35.0 Å². The topological polar surface area (TPSA) is 58.2 Å². The Bertz CT molecular complexity index is 777. The van der Waals surface area contributed by atoms with Gasteiger partial charge in [-0.3, -0.25) is 9.59 Å². The molecule has 0 fully saturated rings. The number of hydrogen-bond donors (Lipinski definition) is 2. The predicted molar refractivity (Wildman–Crippen MR) is 97.2 cm³/mol. The standard InChI is InChI=1S/C18H17F3N2O2S/c1-12-5-7-14(8-6-12)22-16(24)10-26-11-17(25)23-15-4-2-3-13(9-15)18(19,20)21/h2-9H,10-11H2,1H3,(H,22,24)(H,23,25). The van der Waals surface area contributed by atoms with Gasteiger partial charge in [0.25, 0.3) is 0 Å². The molecule has 0 aliphatic carbocycles. The van der Waals surface area contributed by atoms with Crippen LogP contribution in [0.1, 0.15) is 11.1 Å². The molecule has 0 aliphatic heterocycles. The van der Waals surface area contributed by atoms with Gasteiger partial charge < -0.3 is 10.6 Å². The third-order valence-electron chi connectivity index (χ3n) is 3.28. The first-order valence-electron chi connectivity index (χ1n) is 7.65. The van der Waals surface area contributed by atoms with Crippen LogP contribution in [0.25, 0.3) is 0 Å². The van der Waals surface area contributed by atoms with E-state index in [2.05, 4.69) is 10.6 Å². The number of anilines is 2. The average molecular weight is 382 g/mol. The molecule has 0 heterocycles. The number of carbonyl (C=O) groups excluding carboxylic acids is 2. The second kappa shape index (κ2) is 8.75. The van der Waals surface area contributed by atoms with E-state index in [0.29, 0.717) is 5.69 Å². The Kier molecular flexibility index (Phi) is 6.68. The van der Waals surface area contributed by atoms with Crippen molar-refractivity contribution in [3.05, 3.63) is 59.7 Å². The third-order valence-corrected chi connectivity index (χ3v) is 4.21. The van der Waals surface area contributed by atoms with Gasteiger partial charge >= 0.3 is 6.18 Å². The number of benzene rings is 2. The highest BCUT2D eigenvalue weighted by Gasteiger charge is 2.30. The van der Waals surface area contributed by atoms with Gasteiger partial charge in [-0.2, -0.15) is 13.2 Å². The smallest absolute Gasteiger partial charge is 0.325 e. The van der Waals surface area contributed by atoms with E-state index < -0.39 is 17.6 Å². The molecule has 2 rings (SSSR count). The van der Waals surface area contributed by atoms with Crippen LogP contribution in [0.4, 0.5) is 24.5 Å². The lowest BCUT2D eigenvalue weighted by Gasteiger charge is -2.10. The van der Waals surface area contributed by atoms with Crippen molar-refractivity contribution in [3.63, 3.8) is 0 Å². The van der Waals surface area contributed by atoms with E-state index >= 15 is 0 Å². The number of nitrogens with one attached hydrogen (secondary N) is 2. The van der Waals surface area contributed by atoms with Crippen LogP contribution >= 0.6 is 11.8 Å². The first-order valence-corrected chi connectivity index (χ1v) is 8.81. The van der Waals surface area contributed by atoms with Crippen molar-refractivity contribution in [1.82, 2.24) is 0 Å². The van der Waals surface area contributed by atoms with Crippen molar-refractivity contribution in [2.24, 2.45) is 0 Å². The minimum absolute atomic E-state index is 0.0441. The first-order chi connectivity index (χ1) is 12.2. The Hall–Kier alpha value is -2.48. The Morgan fingerprint density at radius 2 is 1.50 bits per heavy atom. The molecule has 2 amide bonds. The summed E-state index contributed by atoms with van der Waals surface area (Å²) in [6, 6.07) is 11.7. The lowest BCUT2D eigenvalue weighted by Crippen LogP contribution is -2.18. The molecule has 26 heavy (non-hydrogen) atoms. The molecule has 8 heteroatoms. The summed E-state index contributed by atoms with van der Waals surface area (Å²) in [5, 5.41) is 5.09. The van der Waals surface area contributed by atoms with Gasteiger partial charge in [-0.15, -0.1) is 11.8 Å². The Balaban J connectivity index is 1.76. The van der Waals surface area contributed by atoms with Gasteiger partial charge in [0.15, 0.2) is 0 Å². The molecular weight excluding hydrogens is 365 g/mol. The number of amides is 2. The normalized spacial score (nSPS) is 11.1. The van der Waals surface area contributed by atoms with Crippen LogP contribution in [0.15, 0.2) is 48.5 Å². The quantitative estimate of drug-likeness (QED) is 0.782. The van der Waals surface area contributed by atoms with Crippen LogP contribution in [-0.2, 0) is 15.8 Å². The molecular formula is C18H17F3N2O2S. The molecule has 0 spiro atoms. The molecule has 0 atom stereocenters. The third kappa shape index (κ3) is 6.44. The van der Waals surface area contributed by atoms with E-state index in [9.17, 15) is 22.8 Å². The number of carbonyl (C=O) groups is 2. The number of rotatable bonds is 6. The zero-order chi connectivity index (χ0) is 19.2. The SMILES string of the molecule is Cc1ccc(NC(=O)CSCC(=O)Nc2cccc(C(F)(F)F)c2)cc1. The minimum atomic E-state index is -4.47. The van der Waals surface area contributed by atoms with E-state index in [1.807, 2.05) is 19.1 Å². The summed E-state index contributed by atoms with van der Waals surface area (Å²) in [4.78, 5) is 23.6. The summed E-state index contributed by atoms with van der Waals surface area (Å²) in [7, 11) is 0. The summed E-state index contributed by atoms with van der Waals surface area (Å²) in [6.45, 7) is 1.93. The van der Waals surface area contributed by atoms with Crippen molar-refractivity contribution in [2.45, 2.75) is 13.1 Å². The highest BCUT2D eigenvalue weighted by Crippen LogP contribution is 2.30. The molecule has 0 bridgehead atoms. The molecule has 2 aromatic carbocycles. The Morgan fingerprint density at radius 3 is 2.08 bits per heavy atom. The number of hydrogen-bond acceptors (Lipinski definition) is 3. The van der Waals surface area contributed by atoms with E-state index in [4.69, 9.17) is 0 Å².